The molecule has 2 aromatic rings. The molecule has 1 heterocycles. The monoisotopic (exact) mass is 394 g/mol. The van der Waals surface area contributed by atoms with E-state index < -0.39 is 0 Å². The maximum absolute atomic E-state index is 13.0. The normalized spacial score (nSPS) is 15.8. The molecule has 0 aromatic heterocycles. The van der Waals surface area contributed by atoms with E-state index in [1.54, 1.807) is 7.11 Å². The summed E-state index contributed by atoms with van der Waals surface area (Å²) in [6, 6.07) is 17.6. The Morgan fingerprint density at radius 3 is 2.10 bits per heavy atom. The van der Waals surface area contributed by atoms with Gasteiger partial charge in [0.05, 0.1) is 13.2 Å². The number of carbonyl (C=O) groups excluding carboxylic acids is 2. The third-order valence-electron chi connectivity index (χ3n) is 5.54. The Morgan fingerprint density at radius 1 is 0.966 bits per heavy atom. The molecule has 1 aliphatic heterocycles. The number of carbonyl (C=O) groups is 2. The summed E-state index contributed by atoms with van der Waals surface area (Å²) < 4.78 is 5.26. The Kier molecular flexibility index (Phi) is 6.91. The molecule has 0 saturated carbocycles. The van der Waals surface area contributed by atoms with Crippen molar-refractivity contribution in [3.8, 4) is 5.75 Å². The molecular formula is C24H30N2O3. The summed E-state index contributed by atoms with van der Waals surface area (Å²) in [5.74, 6) is 0.929. The van der Waals surface area contributed by atoms with Crippen LogP contribution < -0.4 is 10.1 Å². The number of hydrogen-bond donors (Lipinski definition) is 1. The van der Waals surface area contributed by atoms with Gasteiger partial charge in [-0.25, -0.2) is 0 Å². The zero-order valence-corrected chi connectivity index (χ0v) is 17.4. The van der Waals surface area contributed by atoms with Crippen molar-refractivity contribution >= 4 is 11.8 Å². The predicted molar refractivity (Wildman–Crippen MR) is 114 cm³/mol. The smallest absolute Gasteiger partial charge is 0.225 e. The highest BCUT2D eigenvalue weighted by Crippen LogP contribution is 2.26. The highest BCUT2D eigenvalue weighted by molar-refractivity contribution is 5.81. The van der Waals surface area contributed by atoms with E-state index in [-0.39, 0.29) is 29.7 Å². The van der Waals surface area contributed by atoms with Crippen molar-refractivity contribution in [1.29, 1.82) is 0 Å². The van der Waals surface area contributed by atoms with Crippen LogP contribution in [0.3, 0.4) is 0 Å². The first-order valence-electron chi connectivity index (χ1n) is 10.3. The fraction of sp³-hybridized carbons (Fsp3) is 0.417. The summed E-state index contributed by atoms with van der Waals surface area (Å²) >= 11 is 0. The number of hydrogen-bond acceptors (Lipinski definition) is 3. The average Bonchev–Trinajstić information content (AvgIpc) is 2.77. The Labute approximate surface area is 173 Å². The van der Waals surface area contributed by atoms with Crippen molar-refractivity contribution < 1.29 is 14.3 Å². The topological polar surface area (TPSA) is 58.6 Å². The van der Waals surface area contributed by atoms with Gasteiger partial charge in [-0.05, 0) is 36.1 Å². The van der Waals surface area contributed by atoms with Crippen LogP contribution in [0.4, 0.5) is 0 Å². The summed E-state index contributed by atoms with van der Waals surface area (Å²) in [6.07, 6.45) is 1.41. The quantitative estimate of drug-likeness (QED) is 0.811. The van der Waals surface area contributed by atoms with Crippen LogP contribution in [0.1, 0.15) is 43.9 Å². The lowest BCUT2D eigenvalue weighted by Gasteiger charge is -2.33. The van der Waals surface area contributed by atoms with Crippen molar-refractivity contribution in [2.45, 2.75) is 32.7 Å². The van der Waals surface area contributed by atoms with Crippen molar-refractivity contribution in [1.82, 2.24) is 10.2 Å². The zero-order chi connectivity index (χ0) is 20.8. The van der Waals surface area contributed by atoms with Crippen LogP contribution in [0.15, 0.2) is 54.6 Å². The van der Waals surface area contributed by atoms with Gasteiger partial charge in [-0.2, -0.15) is 0 Å². The summed E-state index contributed by atoms with van der Waals surface area (Å²) in [4.78, 5) is 27.1. The minimum Gasteiger partial charge on any atom is -0.497 e. The molecule has 0 spiro atoms. The Hall–Kier alpha value is -2.82. The van der Waals surface area contributed by atoms with E-state index in [4.69, 9.17) is 4.74 Å². The first-order valence-corrected chi connectivity index (χ1v) is 10.3. The second-order valence-corrected chi connectivity index (χ2v) is 7.88. The zero-order valence-electron chi connectivity index (χ0n) is 17.4. The second kappa shape index (κ2) is 9.59. The Balaban J connectivity index is 1.71. The van der Waals surface area contributed by atoms with E-state index in [2.05, 4.69) is 5.32 Å². The minimum absolute atomic E-state index is 0.00194. The molecule has 1 N–H and O–H groups in total. The largest absolute Gasteiger partial charge is 0.497 e. The van der Waals surface area contributed by atoms with Crippen LogP contribution in [0.2, 0.25) is 0 Å². The number of ether oxygens (including phenoxy) is 1. The van der Waals surface area contributed by atoms with E-state index in [9.17, 15) is 9.59 Å². The first kappa shape index (κ1) is 20.9. The minimum atomic E-state index is -0.218. The molecule has 1 atom stereocenters. The lowest BCUT2D eigenvalue weighted by atomic mass is 9.93. The van der Waals surface area contributed by atoms with Gasteiger partial charge in [-0.3, -0.25) is 9.59 Å². The Morgan fingerprint density at radius 2 is 1.55 bits per heavy atom. The number of likely N-dealkylation sites (tertiary alicyclic amines) is 1. The summed E-state index contributed by atoms with van der Waals surface area (Å²) in [6.45, 7) is 5.13. The molecular weight excluding hydrogens is 364 g/mol. The van der Waals surface area contributed by atoms with Crippen LogP contribution in [-0.4, -0.2) is 36.9 Å². The third kappa shape index (κ3) is 5.17. The van der Waals surface area contributed by atoms with E-state index in [0.29, 0.717) is 25.9 Å². The number of methoxy groups -OCH3 is 1. The lowest BCUT2D eigenvalue weighted by molar-refractivity contribution is -0.138. The number of benzene rings is 2. The molecule has 1 fully saturated rings. The number of nitrogens with one attached hydrogen (secondary N) is 1. The molecule has 154 valence electrons. The van der Waals surface area contributed by atoms with Gasteiger partial charge in [0.25, 0.3) is 0 Å². The molecule has 0 aliphatic carbocycles. The van der Waals surface area contributed by atoms with Crippen LogP contribution in [0, 0.1) is 11.8 Å². The predicted octanol–water partition coefficient (Wildman–Crippen LogP) is 3.80. The van der Waals surface area contributed by atoms with Crippen molar-refractivity contribution in [3.05, 3.63) is 65.7 Å². The van der Waals surface area contributed by atoms with Crippen LogP contribution in [0.5, 0.6) is 5.75 Å². The van der Waals surface area contributed by atoms with Crippen molar-refractivity contribution in [3.63, 3.8) is 0 Å². The maximum Gasteiger partial charge on any atom is 0.225 e. The molecule has 0 bridgehead atoms. The SMILES string of the molecule is COc1ccc([C@@H](NC(=O)C2CCN(C(=O)C(C)C)CC2)c2ccccc2)cc1. The molecule has 3 rings (SSSR count). The molecule has 1 saturated heterocycles. The second-order valence-electron chi connectivity index (χ2n) is 7.88. The fourth-order valence-electron chi connectivity index (χ4n) is 3.79. The number of nitrogens with zero attached hydrogens (tertiary/aromatic N) is 1. The molecule has 2 aromatic carbocycles. The van der Waals surface area contributed by atoms with Gasteiger partial charge < -0.3 is 15.0 Å². The number of amides is 2. The van der Waals surface area contributed by atoms with E-state index in [1.807, 2.05) is 73.3 Å². The molecule has 29 heavy (non-hydrogen) atoms. The van der Waals surface area contributed by atoms with Crippen LogP contribution in [0.25, 0.3) is 0 Å². The van der Waals surface area contributed by atoms with Gasteiger partial charge in [0.2, 0.25) is 11.8 Å². The lowest BCUT2D eigenvalue weighted by Crippen LogP contribution is -2.45. The summed E-state index contributed by atoms with van der Waals surface area (Å²) in [5.41, 5.74) is 2.05. The van der Waals surface area contributed by atoms with Gasteiger partial charge in [-0.15, -0.1) is 0 Å². The first-order chi connectivity index (χ1) is 14.0. The van der Waals surface area contributed by atoms with E-state index >= 15 is 0 Å². The Bertz CT molecular complexity index is 810. The molecule has 5 nitrogen and oxygen atoms in total. The molecule has 2 amide bonds. The third-order valence-corrected chi connectivity index (χ3v) is 5.54. The standard InChI is InChI=1S/C24H30N2O3/c1-17(2)24(28)26-15-13-20(14-16-26)23(27)25-22(18-7-5-4-6-8-18)19-9-11-21(29-3)12-10-19/h4-12,17,20,22H,13-16H2,1-3H3,(H,25,27)/t22-/m0/s1. The van der Waals surface area contributed by atoms with Gasteiger partial charge in [0.1, 0.15) is 5.75 Å². The molecule has 0 unspecified atom stereocenters. The van der Waals surface area contributed by atoms with Gasteiger partial charge in [0.15, 0.2) is 0 Å². The van der Waals surface area contributed by atoms with Gasteiger partial charge in [-0.1, -0.05) is 56.3 Å². The maximum atomic E-state index is 13.0. The van der Waals surface area contributed by atoms with E-state index in [0.717, 1.165) is 16.9 Å². The fourth-order valence-corrected chi connectivity index (χ4v) is 3.79. The highest BCUT2D eigenvalue weighted by atomic mass is 16.5. The number of rotatable bonds is 6. The molecule has 5 heteroatoms. The van der Waals surface area contributed by atoms with Crippen molar-refractivity contribution in [2.24, 2.45) is 11.8 Å². The van der Waals surface area contributed by atoms with Gasteiger partial charge >= 0.3 is 0 Å². The average molecular weight is 395 g/mol. The van der Waals surface area contributed by atoms with Crippen molar-refractivity contribution in [2.75, 3.05) is 20.2 Å². The van der Waals surface area contributed by atoms with Gasteiger partial charge in [0, 0.05) is 24.9 Å². The molecule has 0 radical (unpaired) electrons. The highest BCUT2D eigenvalue weighted by Gasteiger charge is 2.29. The summed E-state index contributed by atoms with van der Waals surface area (Å²) in [5, 5.41) is 3.24. The molecule has 1 aliphatic rings. The van der Waals surface area contributed by atoms with Crippen LogP contribution in [-0.2, 0) is 9.59 Å². The number of piperidine rings is 1. The van der Waals surface area contributed by atoms with Crippen LogP contribution >= 0.6 is 0 Å². The summed E-state index contributed by atoms with van der Waals surface area (Å²) in [7, 11) is 1.64. The van der Waals surface area contributed by atoms with E-state index in [1.165, 1.54) is 0 Å².